The zero-order valence-electron chi connectivity index (χ0n) is 9.52. The monoisotopic (exact) mass is 249 g/mol. The lowest BCUT2D eigenvalue weighted by molar-refractivity contribution is -0.141. The van der Waals surface area contributed by atoms with E-state index >= 15 is 0 Å². The van der Waals surface area contributed by atoms with Crippen molar-refractivity contribution in [3.63, 3.8) is 0 Å². The summed E-state index contributed by atoms with van der Waals surface area (Å²) < 4.78 is 0. The van der Waals surface area contributed by atoms with Crippen LogP contribution in [0.15, 0.2) is 0 Å². The zero-order valence-corrected chi connectivity index (χ0v) is 10.3. The molecule has 2 atom stereocenters. The molecular formula is C10H20ClN3O2. The molecule has 0 aromatic heterocycles. The van der Waals surface area contributed by atoms with Crippen LogP contribution in [-0.4, -0.2) is 35.3 Å². The van der Waals surface area contributed by atoms with E-state index < -0.39 is 11.9 Å². The van der Waals surface area contributed by atoms with E-state index in [2.05, 4.69) is 0 Å². The van der Waals surface area contributed by atoms with Gasteiger partial charge in [-0.15, -0.1) is 12.4 Å². The molecule has 1 rings (SSSR count). The van der Waals surface area contributed by atoms with Gasteiger partial charge in [-0.1, -0.05) is 0 Å². The van der Waals surface area contributed by atoms with Crippen LogP contribution in [0.4, 0.5) is 0 Å². The second-order valence-electron chi connectivity index (χ2n) is 4.18. The molecule has 6 heteroatoms. The highest BCUT2D eigenvalue weighted by Gasteiger charge is 2.30. The first-order chi connectivity index (χ1) is 7.02. The van der Waals surface area contributed by atoms with Gasteiger partial charge in [-0.25, -0.2) is 0 Å². The molecule has 16 heavy (non-hydrogen) atoms. The Bertz CT molecular complexity index is 258. The van der Waals surface area contributed by atoms with Crippen LogP contribution in [0.5, 0.6) is 0 Å². The predicted molar refractivity (Wildman–Crippen MR) is 64.1 cm³/mol. The lowest BCUT2D eigenvalue weighted by Crippen LogP contribution is -2.51. The number of primary amides is 1. The molecule has 1 saturated heterocycles. The number of halogens is 1. The molecule has 0 aromatic rings. The Kier molecular flexibility index (Phi) is 6.36. The Balaban J connectivity index is 0.00000225. The molecule has 0 aromatic carbocycles. The van der Waals surface area contributed by atoms with Gasteiger partial charge in [0.15, 0.2) is 0 Å². The molecule has 0 bridgehead atoms. The number of nitrogens with two attached hydrogens (primary N) is 2. The Morgan fingerprint density at radius 3 is 2.56 bits per heavy atom. The molecule has 1 heterocycles. The normalized spacial score (nSPS) is 22.1. The Morgan fingerprint density at radius 2 is 2.06 bits per heavy atom. The van der Waals surface area contributed by atoms with Gasteiger partial charge in [0.05, 0.1) is 0 Å². The smallest absolute Gasteiger partial charge is 0.240 e. The average molecular weight is 250 g/mol. The fourth-order valence-corrected chi connectivity index (χ4v) is 1.92. The molecule has 2 unspecified atom stereocenters. The van der Waals surface area contributed by atoms with E-state index in [1.54, 1.807) is 11.8 Å². The van der Waals surface area contributed by atoms with E-state index in [9.17, 15) is 9.59 Å². The maximum atomic E-state index is 11.8. The lowest BCUT2D eigenvalue weighted by Gasteiger charge is -2.34. The Hall–Kier alpha value is -0.810. The van der Waals surface area contributed by atoms with E-state index in [1.165, 1.54) is 0 Å². The van der Waals surface area contributed by atoms with Crippen LogP contribution < -0.4 is 11.5 Å². The second kappa shape index (κ2) is 6.70. The maximum Gasteiger partial charge on any atom is 0.240 e. The molecular weight excluding hydrogens is 230 g/mol. The van der Waals surface area contributed by atoms with Crippen molar-refractivity contribution in [3.05, 3.63) is 0 Å². The SMILES string of the molecule is CC(N)CC(=O)N1CCCCC1C(N)=O.Cl. The lowest BCUT2D eigenvalue weighted by atomic mass is 10.0. The minimum Gasteiger partial charge on any atom is -0.368 e. The average Bonchev–Trinajstić information content (AvgIpc) is 2.16. The molecule has 4 N–H and O–H groups in total. The maximum absolute atomic E-state index is 11.8. The summed E-state index contributed by atoms with van der Waals surface area (Å²) >= 11 is 0. The second-order valence-corrected chi connectivity index (χ2v) is 4.18. The van der Waals surface area contributed by atoms with Crippen LogP contribution in [0.3, 0.4) is 0 Å². The predicted octanol–water partition coefficient (Wildman–Crippen LogP) is 0.0119. The number of hydrogen-bond acceptors (Lipinski definition) is 3. The molecule has 1 fully saturated rings. The fraction of sp³-hybridized carbons (Fsp3) is 0.800. The van der Waals surface area contributed by atoms with E-state index in [1.807, 2.05) is 0 Å². The summed E-state index contributed by atoms with van der Waals surface area (Å²) in [4.78, 5) is 24.5. The van der Waals surface area contributed by atoms with Crippen molar-refractivity contribution in [1.82, 2.24) is 4.90 Å². The number of amides is 2. The highest BCUT2D eigenvalue weighted by atomic mass is 35.5. The van der Waals surface area contributed by atoms with Gasteiger partial charge in [-0.05, 0) is 26.2 Å². The van der Waals surface area contributed by atoms with Gasteiger partial charge in [0.2, 0.25) is 11.8 Å². The third-order valence-corrected chi connectivity index (χ3v) is 2.65. The minimum atomic E-state index is -0.426. The molecule has 0 aliphatic carbocycles. The number of rotatable bonds is 3. The van der Waals surface area contributed by atoms with Crippen LogP contribution in [-0.2, 0) is 9.59 Å². The summed E-state index contributed by atoms with van der Waals surface area (Å²) in [5, 5.41) is 0. The van der Waals surface area contributed by atoms with Crippen LogP contribution in [0.25, 0.3) is 0 Å². The van der Waals surface area contributed by atoms with Crippen molar-refractivity contribution in [3.8, 4) is 0 Å². The van der Waals surface area contributed by atoms with E-state index in [0.29, 0.717) is 13.0 Å². The van der Waals surface area contributed by atoms with Crippen LogP contribution >= 0.6 is 12.4 Å². The van der Waals surface area contributed by atoms with Crippen molar-refractivity contribution in [2.45, 2.75) is 44.7 Å². The van der Waals surface area contributed by atoms with Crippen LogP contribution in [0, 0.1) is 0 Å². The largest absolute Gasteiger partial charge is 0.368 e. The zero-order chi connectivity index (χ0) is 11.4. The molecule has 1 aliphatic rings. The summed E-state index contributed by atoms with van der Waals surface area (Å²) in [7, 11) is 0. The topological polar surface area (TPSA) is 89.4 Å². The number of carbonyl (C=O) groups is 2. The molecule has 0 saturated carbocycles. The van der Waals surface area contributed by atoms with Crippen molar-refractivity contribution >= 4 is 24.2 Å². The molecule has 0 radical (unpaired) electrons. The molecule has 1 aliphatic heterocycles. The van der Waals surface area contributed by atoms with Gasteiger partial charge in [-0.2, -0.15) is 0 Å². The summed E-state index contributed by atoms with van der Waals surface area (Å²) in [5.41, 5.74) is 10.8. The first kappa shape index (κ1) is 15.2. The third-order valence-electron chi connectivity index (χ3n) is 2.65. The Labute approximate surface area is 102 Å². The fourth-order valence-electron chi connectivity index (χ4n) is 1.92. The first-order valence-corrected chi connectivity index (χ1v) is 5.36. The number of piperidine rings is 1. The van der Waals surface area contributed by atoms with Crippen molar-refractivity contribution in [2.75, 3.05) is 6.54 Å². The van der Waals surface area contributed by atoms with Crippen LogP contribution in [0.2, 0.25) is 0 Å². The highest BCUT2D eigenvalue weighted by molar-refractivity contribution is 5.87. The highest BCUT2D eigenvalue weighted by Crippen LogP contribution is 2.17. The number of hydrogen-bond donors (Lipinski definition) is 2. The van der Waals surface area contributed by atoms with Gasteiger partial charge < -0.3 is 16.4 Å². The van der Waals surface area contributed by atoms with E-state index in [-0.39, 0.29) is 30.8 Å². The van der Waals surface area contributed by atoms with Crippen molar-refractivity contribution in [1.29, 1.82) is 0 Å². The number of carbonyl (C=O) groups excluding carboxylic acids is 2. The third kappa shape index (κ3) is 3.98. The van der Waals surface area contributed by atoms with Gasteiger partial charge in [-0.3, -0.25) is 9.59 Å². The molecule has 5 nitrogen and oxygen atoms in total. The molecule has 94 valence electrons. The van der Waals surface area contributed by atoms with Crippen molar-refractivity contribution in [2.24, 2.45) is 11.5 Å². The Morgan fingerprint density at radius 1 is 1.44 bits per heavy atom. The van der Waals surface area contributed by atoms with Gasteiger partial charge in [0, 0.05) is 19.0 Å². The number of likely N-dealkylation sites (tertiary alicyclic amines) is 1. The summed E-state index contributed by atoms with van der Waals surface area (Å²) in [6, 6.07) is -0.599. The van der Waals surface area contributed by atoms with E-state index in [0.717, 1.165) is 12.8 Å². The van der Waals surface area contributed by atoms with Crippen molar-refractivity contribution < 1.29 is 9.59 Å². The molecule has 0 spiro atoms. The van der Waals surface area contributed by atoms with Crippen LogP contribution in [0.1, 0.15) is 32.6 Å². The van der Waals surface area contributed by atoms with Gasteiger partial charge in [0.25, 0.3) is 0 Å². The molecule has 2 amide bonds. The minimum absolute atomic E-state index is 0. The number of nitrogens with zero attached hydrogens (tertiary/aromatic N) is 1. The van der Waals surface area contributed by atoms with Gasteiger partial charge in [0.1, 0.15) is 6.04 Å². The quantitative estimate of drug-likeness (QED) is 0.739. The summed E-state index contributed by atoms with van der Waals surface area (Å²) in [6.07, 6.45) is 2.86. The van der Waals surface area contributed by atoms with E-state index in [4.69, 9.17) is 11.5 Å². The van der Waals surface area contributed by atoms with Gasteiger partial charge >= 0.3 is 0 Å². The summed E-state index contributed by atoms with van der Waals surface area (Å²) in [6.45, 7) is 2.40. The first-order valence-electron chi connectivity index (χ1n) is 5.36. The summed E-state index contributed by atoms with van der Waals surface area (Å²) in [5.74, 6) is -0.471. The standard InChI is InChI=1S/C10H19N3O2.ClH/c1-7(11)6-9(14)13-5-3-2-4-8(13)10(12)15;/h7-8H,2-6,11H2,1H3,(H2,12,15);1H.